The fourth-order valence-corrected chi connectivity index (χ4v) is 0. The molecule has 0 aliphatic heterocycles. The Labute approximate surface area is 136 Å². The molecular weight excluding hydrogens is 383 g/mol. The maximum atomic E-state index is 9.89. The van der Waals surface area contributed by atoms with Gasteiger partial charge in [-0.15, -0.1) is 0 Å². The van der Waals surface area contributed by atoms with Gasteiger partial charge in [-0.25, -0.2) is 0 Å². The topological polar surface area (TPSA) is 54.4 Å². The summed E-state index contributed by atoms with van der Waals surface area (Å²) in [5.41, 5.74) is 0. The first kappa shape index (κ1) is 34.2. The van der Waals surface area contributed by atoms with Gasteiger partial charge in [0, 0.05) is 0 Å². The Hall–Kier alpha value is -0.138. The predicted molar refractivity (Wildman–Crippen MR) is 58.4 cm³/mol. The molecule has 0 aromatic rings. The molecular formula is C3H9B3F12LiO3S-3. The average Bonchev–Trinajstić information content (AvgIpc) is 1.89. The molecule has 142 valence electrons. The van der Waals surface area contributed by atoms with E-state index in [-0.39, 0.29) is 20.3 Å². The first-order valence-corrected chi connectivity index (χ1v) is 6.03. The largest absolute Gasteiger partial charge is 1.00 e. The van der Waals surface area contributed by atoms with Gasteiger partial charge in [0.1, 0.15) is 0 Å². The van der Waals surface area contributed by atoms with E-state index in [0.29, 0.717) is 0 Å². The van der Waals surface area contributed by atoms with Crippen molar-refractivity contribution in [2.75, 3.05) is 0 Å². The Morgan fingerprint density at radius 3 is 0.739 bits per heavy atom. The van der Waals surface area contributed by atoms with Gasteiger partial charge >= 0.3 is 40.6 Å². The summed E-state index contributed by atoms with van der Waals surface area (Å²) < 4.78 is 145. The predicted octanol–water partition coefficient (Wildman–Crippen LogP) is 1.30. The summed E-state index contributed by atoms with van der Waals surface area (Å²) >= 11 is 0. The van der Waals surface area contributed by atoms with E-state index in [9.17, 15) is 60.2 Å². The normalized spacial score (nSPS) is 11.7. The van der Waals surface area contributed by atoms with E-state index in [1.165, 1.54) is 13.8 Å². The zero-order valence-corrected chi connectivity index (χ0v) is 12.3. The molecule has 0 amide bonds. The van der Waals surface area contributed by atoms with Gasteiger partial charge in [-0.3, -0.25) is 4.55 Å². The molecule has 0 aliphatic carbocycles. The second kappa shape index (κ2) is 13.2. The molecule has 0 aromatic heterocycles. The van der Waals surface area contributed by atoms with E-state index >= 15 is 0 Å². The fraction of sp³-hybridized carbons (Fsp3) is 1.00. The van der Waals surface area contributed by atoms with Crippen molar-refractivity contribution in [1.82, 2.24) is 0 Å². The molecule has 0 saturated heterocycles. The molecule has 20 heteroatoms. The van der Waals surface area contributed by atoms with Crippen LogP contribution in [0.2, 0.25) is 0 Å². The zero-order valence-electron chi connectivity index (χ0n) is 12.5. The molecule has 0 fully saturated rings. The molecule has 0 saturated carbocycles. The van der Waals surface area contributed by atoms with Gasteiger partial charge in [0.05, 0.1) is 5.25 Å². The van der Waals surface area contributed by atoms with Crippen molar-refractivity contribution in [3.63, 3.8) is 0 Å². The number of rotatable bonds is 1. The molecule has 0 aromatic carbocycles. The van der Waals surface area contributed by atoms with E-state index < -0.39 is 37.1 Å². The van der Waals surface area contributed by atoms with Crippen molar-refractivity contribution >= 4 is 31.9 Å². The molecule has 23 heavy (non-hydrogen) atoms. The smallest absolute Gasteiger partial charge is 1.00 e. The van der Waals surface area contributed by atoms with Gasteiger partial charge in [-0.2, -0.15) is 8.42 Å². The molecule has 0 heterocycles. The van der Waals surface area contributed by atoms with Crippen molar-refractivity contribution in [2.24, 2.45) is 0 Å². The van der Waals surface area contributed by atoms with E-state index in [1.54, 1.807) is 0 Å². The maximum absolute atomic E-state index is 9.89. The molecule has 0 spiro atoms. The van der Waals surface area contributed by atoms with Crippen LogP contribution in [0.4, 0.5) is 51.8 Å². The first-order valence-electron chi connectivity index (χ1n) is 4.52. The van der Waals surface area contributed by atoms with Crippen LogP contribution in [0, 0.1) is 0 Å². The fourth-order valence-electron chi connectivity index (χ4n) is 0. The summed E-state index contributed by atoms with van der Waals surface area (Å²) in [5.74, 6) is 0. The zero-order chi connectivity index (χ0) is 19.6. The standard InChI is InChI=1S/C3H8O3S.3BF4.Li.H/c1-3(2)7(4,5)6;3*2-1(3,4)5;;/h3H,1-2H3,(H,4,5,6);;;;;/q;3*-1;+1;-1. The summed E-state index contributed by atoms with van der Waals surface area (Å²) in [4.78, 5) is 0. The van der Waals surface area contributed by atoms with Gasteiger partial charge in [0.2, 0.25) is 0 Å². The quantitative estimate of drug-likeness (QED) is 0.416. The molecule has 3 nitrogen and oxygen atoms in total. The minimum absolute atomic E-state index is 0. The number of hydrogen-bond donors (Lipinski definition) is 1. The third-order valence-corrected chi connectivity index (χ3v) is 1.79. The SMILES string of the molecule is CC(C)S(=O)(=O)O.F[B-](F)(F)F.F[B-](F)(F)F.F[B-](F)(F)F.[H-].[Li+]. The summed E-state index contributed by atoms with van der Waals surface area (Å²) in [5, 5.41) is -0.674. The van der Waals surface area contributed by atoms with Crippen LogP contribution in [0.1, 0.15) is 15.3 Å². The first-order chi connectivity index (χ1) is 8.94. The Morgan fingerprint density at radius 2 is 0.739 bits per heavy atom. The summed E-state index contributed by atoms with van der Waals surface area (Å²) in [6.45, 7) is 2.82. The van der Waals surface area contributed by atoms with Crippen LogP contribution in [-0.4, -0.2) is 40.0 Å². The van der Waals surface area contributed by atoms with Crippen LogP contribution < -0.4 is 18.9 Å². The summed E-state index contributed by atoms with van der Waals surface area (Å²) in [6, 6.07) is 0. The van der Waals surface area contributed by atoms with Crippen molar-refractivity contribution in [3.8, 4) is 0 Å². The Bertz CT molecular complexity index is 322. The maximum Gasteiger partial charge on any atom is 1.00 e. The van der Waals surface area contributed by atoms with Gasteiger partial charge in [0.15, 0.2) is 0 Å². The molecule has 0 unspecified atom stereocenters. The van der Waals surface area contributed by atoms with Crippen molar-refractivity contribution in [3.05, 3.63) is 0 Å². The van der Waals surface area contributed by atoms with E-state index in [4.69, 9.17) is 4.55 Å². The summed E-state index contributed by atoms with van der Waals surface area (Å²) in [6.07, 6.45) is 0. The molecule has 0 bridgehead atoms. The number of hydrogen-bond acceptors (Lipinski definition) is 2. The molecule has 0 radical (unpaired) electrons. The van der Waals surface area contributed by atoms with Crippen molar-refractivity contribution < 1.29 is 85.0 Å². The Balaban J connectivity index is -0.0000000443. The van der Waals surface area contributed by atoms with Gasteiger partial charge in [-0.05, 0) is 13.8 Å². The van der Waals surface area contributed by atoms with E-state index in [2.05, 4.69) is 0 Å². The molecule has 0 aliphatic rings. The average molecular weight is 393 g/mol. The third kappa shape index (κ3) is 251. The van der Waals surface area contributed by atoms with Crippen LogP contribution in [0.25, 0.3) is 0 Å². The minimum Gasteiger partial charge on any atom is -1.00 e. The van der Waals surface area contributed by atoms with E-state index in [0.717, 1.165) is 0 Å². The Morgan fingerprint density at radius 1 is 0.696 bits per heavy atom. The van der Waals surface area contributed by atoms with Crippen LogP contribution in [0.3, 0.4) is 0 Å². The van der Waals surface area contributed by atoms with Crippen LogP contribution >= 0.6 is 0 Å². The second-order valence-corrected chi connectivity index (χ2v) is 5.02. The summed E-state index contributed by atoms with van der Waals surface area (Å²) in [7, 11) is -21.7. The van der Waals surface area contributed by atoms with E-state index in [1.807, 2.05) is 0 Å². The van der Waals surface area contributed by atoms with Crippen LogP contribution in [0.5, 0.6) is 0 Å². The molecule has 0 rings (SSSR count). The van der Waals surface area contributed by atoms with Crippen LogP contribution in [0.15, 0.2) is 0 Å². The van der Waals surface area contributed by atoms with Gasteiger partial charge in [-0.1, -0.05) is 0 Å². The second-order valence-electron chi connectivity index (χ2n) is 3.05. The van der Waals surface area contributed by atoms with Crippen molar-refractivity contribution in [2.45, 2.75) is 19.1 Å². The van der Waals surface area contributed by atoms with Crippen molar-refractivity contribution in [1.29, 1.82) is 0 Å². The van der Waals surface area contributed by atoms with Crippen LogP contribution in [-0.2, 0) is 10.1 Å². The minimum atomic E-state index is -6.00. The Kier molecular flexibility index (Phi) is 19.6. The number of halogens is 12. The monoisotopic (exact) mass is 393 g/mol. The third-order valence-electron chi connectivity index (χ3n) is 0.596. The van der Waals surface area contributed by atoms with Gasteiger partial charge < -0.3 is 53.2 Å². The molecule has 1 N–H and O–H groups in total. The molecule has 0 atom stereocenters. The van der Waals surface area contributed by atoms with Gasteiger partial charge in [0.25, 0.3) is 10.1 Å².